The van der Waals surface area contributed by atoms with Gasteiger partial charge in [0, 0.05) is 0 Å². The Balaban J connectivity index is 0.000000553. The van der Waals surface area contributed by atoms with E-state index in [0.717, 1.165) is 0 Å². The maximum atomic E-state index is 13.6. The van der Waals surface area contributed by atoms with Crippen LogP contribution < -0.4 is 15.3 Å². The zero-order valence-corrected chi connectivity index (χ0v) is 24.7. The second-order valence-corrected chi connectivity index (χ2v) is 11.5. The Morgan fingerprint density at radius 2 is 1.60 bits per heavy atom. The Morgan fingerprint density at radius 3 is 2.16 bits per heavy atom. The molecule has 1 aromatic carbocycles. The zero-order valence-electron chi connectivity index (χ0n) is 23.8. The number of aromatic nitrogens is 4. The molecule has 2 heterocycles. The molecule has 17 nitrogen and oxygen atoms in total. The van der Waals surface area contributed by atoms with Gasteiger partial charge in [-0.25, -0.2) is 29.6 Å². The molecular formula is C25H35N6O11P. The van der Waals surface area contributed by atoms with Crippen LogP contribution in [0.5, 0.6) is 5.75 Å². The first-order valence-electron chi connectivity index (χ1n) is 12.8. The number of nitrogens with one attached hydrogen (secondary N) is 1. The largest absolute Gasteiger partial charge is 0.479 e. The van der Waals surface area contributed by atoms with E-state index in [9.17, 15) is 18.9 Å². The third-order valence-corrected chi connectivity index (χ3v) is 7.08. The SMILES string of the molecule is CC(C)OC(=O)[C@H](C)N[P@@](=O)(CO[C@H](C)Cn1cnc2c(N)ncnc21)Oc1ccccc1.O=C(O)C(O)C(O)C(=O)O. The lowest BCUT2D eigenvalue weighted by atomic mass is 10.2. The number of aliphatic hydroxyl groups excluding tert-OH is 2. The highest BCUT2D eigenvalue weighted by molar-refractivity contribution is 7.57. The van der Waals surface area contributed by atoms with E-state index < -0.39 is 43.7 Å². The number of carbonyl (C=O) groups excluding carboxylic acids is 1. The van der Waals surface area contributed by atoms with E-state index in [2.05, 4.69) is 20.0 Å². The summed E-state index contributed by atoms with van der Waals surface area (Å²) in [6.07, 6.45) is -2.52. The van der Waals surface area contributed by atoms with Gasteiger partial charge in [0.05, 0.1) is 25.1 Å². The quantitative estimate of drug-likeness (QED) is 0.107. The van der Waals surface area contributed by atoms with E-state index in [1.165, 1.54) is 6.33 Å². The first-order chi connectivity index (χ1) is 20.1. The van der Waals surface area contributed by atoms with Gasteiger partial charge >= 0.3 is 25.4 Å². The van der Waals surface area contributed by atoms with Crippen LogP contribution in [0.1, 0.15) is 27.7 Å². The molecule has 0 saturated heterocycles. The lowest BCUT2D eigenvalue weighted by molar-refractivity contribution is -0.165. The van der Waals surface area contributed by atoms with Crippen LogP contribution in [0.2, 0.25) is 0 Å². The third-order valence-electron chi connectivity index (χ3n) is 5.31. The lowest BCUT2D eigenvalue weighted by Gasteiger charge is -2.25. The van der Waals surface area contributed by atoms with Gasteiger partial charge in [-0.3, -0.25) is 9.36 Å². The van der Waals surface area contributed by atoms with E-state index in [0.29, 0.717) is 29.3 Å². The van der Waals surface area contributed by atoms with Gasteiger partial charge in [0.1, 0.15) is 30.0 Å². The molecule has 0 bridgehead atoms. The zero-order chi connectivity index (χ0) is 32.3. The van der Waals surface area contributed by atoms with Crippen LogP contribution >= 0.6 is 7.52 Å². The molecule has 0 aliphatic carbocycles. The monoisotopic (exact) mass is 626 g/mol. The van der Waals surface area contributed by atoms with Gasteiger partial charge in [0.25, 0.3) is 0 Å². The Labute approximate surface area is 246 Å². The lowest BCUT2D eigenvalue weighted by Crippen LogP contribution is -2.39. The Hall–Kier alpha value is -4.15. The highest BCUT2D eigenvalue weighted by Crippen LogP contribution is 2.44. The molecule has 0 amide bonds. The molecule has 0 radical (unpaired) electrons. The van der Waals surface area contributed by atoms with Gasteiger partial charge in [-0.05, 0) is 39.8 Å². The fourth-order valence-corrected chi connectivity index (χ4v) is 5.07. The van der Waals surface area contributed by atoms with E-state index in [1.54, 1.807) is 55.9 Å². The number of aliphatic hydroxyl groups is 2. The number of benzene rings is 1. The summed E-state index contributed by atoms with van der Waals surface area (Å²) in [5.74, 6) is -3.39. The molecule has 3 aromatic rings. The number of nitrogens with two attached hydrogens (primary N) is 1. The number of carbonyl (C=O) groups is 3. The summed E-state index contributed by atoms with van der Waals surface area (Å²) in [7, 11) is -3.64. The number of anilines is 1. The number of rotatable bonds is 14. The molecule has 2 unspecified atom stereocenters. The highest BCUT2D eigenvalue weighted by atomic mass is 31.2. The number of hydrogen-bond acceptors (Lipinski definition) is 13. The molecule has 0 fully saturated rings. The molecule has 3 rings (SSSR count). The molecule has 5 atom stereocenters. The molecule has 43 heavy (non-hydrogen) atoms. The van der Waals surface area contributed by atoms with Gasteiger partial charge in [-0.2, -0.15) is 0 Å². The van der Waals surface area contributed by atoms with Crippen LogP contribution in [-0.2, 0) is 35.0 Å². The average molecular weight is 627 g/mol. The highest BCUT2D eigenvalue weighted by Gasteiger charge is 2.32. The van der Waals surface area contributed by atoms with Gasteiger partial charge in [-0.1, -0.05) is 18.2 Å². The summed E-state index contributed by atoms with van der Waals surface area (Å²) in [4.78, 5) is 44.2. The van der Waals surface area contributed by atoms with Crippen molar-refractivity contribution < 1.29 is 53.4 Å². The van der Waals surface area contributed by atoms with Crippen molar-refractivity contribution >= 4 is 42.4 Å². The van der Waals surface area contributed by atoms with Crippen LogP contribution in [0, 0.1) is 0 Å². The van der Waals surface area contributed by atoms with Crippen molar-refractivity contribution in [2.45, 2.75) is 64.7 Å². The van der Waals surface area contributed by atoms with Crippen molar-refractivity contribution in [1.82, 2.24) is 24.6 Å². The average Bonchev–Trinajstić information content (AvgIpc) is 3.35. The van der Waals surface area contributed by atoms with Crippen LogP contribution in [-0.4, -0.2) is 94.7 Å². The van der Waals surface area contributed by atoms with Crippen LogP contribution in [0.3, 0.4) is 0 Å². The van der Waals surface area contributed by atoms with Crippen molar-refractivity contribution in [3.05, 3.63) is 43.0 Å². The molecular weight excluding hydrogens is 591 g/mol. The van der Waals surface area contributed by atoms with Crippen molar-refractivity contribution in [2.75, 3.05) is 12.1 Å². The van der Waals surface area contributed by atoms with Crippen molar-refractivity contribution in [3.63, 3.8) is 0 Å². The third kappa shape index (κ3) is 10.9. The molecule has 0 spiro atoms. The summed E-state index contributed by atoms with van der Waals surface area (Å²) < 4.78 is 32.2. The van der Waals surface area contributed by atoms with E-state index in [1.807, 2.05) is 13.0 Å². The normalized spacial score (nSPS) is 15.3. The van der Waals surface area contributed by atoms with Gasteiger partial charge in [0.15, 0.2) is 23.7 Å². The number of imidazole rings is 1. The number of carboxylic acids is 2. The molecule has 0 aliphatic rings. The summed E-state index contributed by atoms with van der Waals surface area (Å²) in [6.45, 7) is 7.25. The maximum Gasteiger partial charge on any atom is 0.342 e. The minimum absolute atomic E-state index is 0.272. The standard InChI is InChI=1S/C21H29N6O5P.C4H6O6/c1-14(2)31-21(28)16(4)26-33(29,32-17-8-6-5-7-9-17)13-30-15(3)10-27-12-25-18-19(22)23-11-24-20(18)27;5-1(3(7)8)2(6)4(9)10/h5-9,11-12,14-16H,10,13H2,1-4H3,(H,26,29)(H2,22,23,24);1-2,5-6H,(H,7,8)(H,9,10)/t15-,16+,33-;/m1./s1. The molecule has 7 N–H and O–H groups in total. The number of esters is 1. The smallest absolute Gasteiger partial charge is 0.342 e. The number of ether oxygens (including phenoxy) is 2. The predicted molar refractivity (Wildman–Crippen MR) is 151 cm³/mol. The molecule has 0 aliphatic heterocycles. The van der Waals surface area contributed by atoms with E-state index >= 15 is 0 Å². The van der Waals surface area contributed by atoms with Crippen LogP contribution in [0.15, 0.2) is 43.0 Å². The fraction of sp³-hybridized carbons (Fsp3) is 0.440. The maximum absolute atomic E-state index is 13.6. The fourth-order valence-electron chi connectivity index (χ4n) is 3.28. The van der Waals surface area contributed by atoms with Crippen LogP contribution in [0.25, 0.3) is 11.2 Å². The van der Waals surface area contributed by atoms with Gasteiger partial charge < -0.3 is 44.7 Å². The number of hydrogen-bond donors (Lipinski definition) is 6. The first-order valence-corrected chi connectivity index (χ1v) is 14.6. The summed E-state index contributed by atoms with van der Waals surface area (Å²) in [5, 5.41) is 35.3. The number of para-hydroxylation sites is 1. The summed E-state index contributed by atoms with van der Waals surface area (Å²) in [6, 6.07) is 7.83. The number of nitrogens with zero attached hydrogens (tertiary/aromatic N) is 4. The number of fused-ring (bicyclic) bond motifs is 1. The second kappa shape index (κ2) is 15.9. The Morgan fingerprint density at radius 1 is 1.00 bits per heavy atom. The number of aliphatic carboxylic acids is 2. The van der Waals surface area contributed by atoms with E-state index in [-0.39, 0.29) is 18.6 Å². The van der Waals surface area contributed by atoms with Crippen molar-refractivity contribution in [3.8, 4) is 5.75 Å². The van der Waals surface area contributed by atoms with Gasteiger partial charge in [-0.15, -0.1) is 0 Å². The van der Waals surface area contributed by atoms with Gasteiger partial charge in [0.2, 0.25) is 0 Å². The topological polar surface area (TPSA) is 259 Å². The summed E-state index contributed by atoms with van der Waals surface area (Å²) >= 11 is 0. The first kappa shape index (κ1) is 35.0. The minimum Gasteiger partial charge on any atom is -0.479 e. The van der Waals surface area contributed by atoms with Crippen LogP contribution in [0.4, 0.5) is 5.82 Å². The number of nitrogen functional groups attached to an aromatic ring is 1. The minimum atomic E-state index is -3.64. The Bertz CT molecular complexity index is 1400. The van der Waals surface area contributed by atoms with E-state index in [4.69, 9.17) is 40.2 Å². The summed E-state index contributed by atoms with van der Waals surface area (Å²) in [5.41, 5.74) is 6.91. The van der Waals surface area contributed by atoms with Crippen molar-refractivity contribution in [2.24, 2.45) is 0 Å². The molecule has 236 valence electrons. The predicted octanol–water partition coefficient (Wildman–Crippen LogP) is 0.850. The number of carboxylic acid groups (broad SMARTS) is 2. The molecule has 0 saturated carbocycles. The molecule has 18 heteroatoms. The van der Waals surface area contributed by atoms with Crippen molar-refractivity contribution in [1.29, 1.82) is 0 Å². The molecule has 2 aromatic heterocycles. The Kier molecular flexibility index (Phi) is 13.0. The second-order valence-electron chi connectivity index (χ2n) is 9.41.